The number of hydrogen-bond donors (Lipinski definition) is 2. The lowest BCUT2D eigenvalue weighted by Gasteiger charge is -2.09. The zero-order valence-corrected chi connectivity index (χ0v) is 12.2. The molecule has 0 aliphatic carbocycles. The number of hydrogen-bond acceptors (Lipinski definition) is 2. The molecule has 98 valence electrons. The molecule has 0 fully saturated rings. The van der Waals surface area contributed by atoms with Crippen molar-refractivity contribution >= 4 is 39.2 Å². The lowest BCUT2D eigenvalue weighted by molar-refractivity contribution is 0.0697. The second-order valence-electron chi connectivity index (χ2n) is 3.98. The monoisotopic (exact) mass is 339 g/mol. The maximum atomic E-state index is 10.9. The summed E-state index contributed by atoms with van der Waals surface area (Å²) >= 11 is 9.44. The fourth-order valence-corrected chi connectivity index (χ4v) is 2.19. The van der Waals surface area contributed by atoms with Crippen LogP contribution >= 0.6 is 27.5 Å². The predicted octanol–water partition coefficient (Wildman–Crippen LogP) is 4.41. The van der Waals surface area contributed by atoms with Gasteiger partial charge < -0.3 is 10.4 Å². The van der Waals surface area contributed by atoms with Crippen LogP contribution in [-0.4, -0.2) is 11.1 Å². The Kier molecular flexibility index (Phi) is 4.45. The number of anilines is 1. The van der Waals surface area contributed by atoms with Crippen molar-refractivity contribution in [3.63, 3.8) is 0 Å². The first kappa shape index (κ1) is 13.9. The van der Waals surface area contributed by atoms with E-state index in [9.17, 15) is 4.79 Å². The number of nitrogens with one attached hydrogen (secondary N) is 1. The van der Waals surface area contributed by atoms with Crippen molar-refractivity contribution in [1.29, 1.82) is 0 Å². The van der Waals surface area contributed by atoms with E-state index in [0.29, 0.717) is 11.6 Å². The van der Waals surface area contributed by atoms with Gasteiger partial charge in [0, 0.05) is 11.0 Å². The van der Waals surface area contributed by atoms with Crippen molar-refractivity contribution < 1.29 is 9.90 Å². The van der Waals surface area contributed by atoms with Gasteiger partial charge in [-0.3, -0.25) is 0 Å². The summed E-state index contributed by atoms with van der Waals surface area (Å²) in [6.45, 7) is 0.511. The number of carboxylic acid groups (broad SMARTS) is 1. The molecule has 0 radical (unpaired) electrons. The summed E-state index contributed by atoms with van der Waals surface area (Å²) in [6.07, 6.45) is 0. The molecule has 0 amide bonds. The highest BCUT2D eigenvalue weighted by Crippen LogP contribution is 2.26. The Morgan fingerprint density at radius 1 is 1.26 bits per heavy atom. The van der Waals surface area contributed by atoms with E-state index < -0.39 is 5.97 Å². The maximum Gasteiger partial charge on any atom is 0.335 e. The van der Waals surface area contributed by atoms with Crippen LogP contribution in [0.5, 0.6) is 0 Å². The predicted molar refractivity (Wildman–Crippen MR) is 79.9 cm³/mol. The first-order valence-electron chi connectivity index (χ1n) is 5.57. The van der Waals surface area contributed by atoms with Crippen LogP contribution in [0.25, 0.3) is 0 Å². The van der Waals surface area contributed by atoms with Crippen LogP contribution in [0.1, 0.15) is 15.9 Å². The first-order valence-corrected chi connectivity index (χ1v) is 6.74. The Labute approximate surface area is 124 Å². The Bertz CT molecular complexity index is 616. The number of rotatable bonds is 4. The number of halogens is 2. The minimum Gasteiger partial charge on any atom is -0.478 e. The van der Waals surface area contributed by atoms with Gasteiger partial charge >= 0.3 is 5.97 Å². The second kappa shape index (κ2) is 6.08. The fourth-order valence-electron chi connectivity index (χ4n) is 1.64. The summed E-state index contributed by atoms with van der Waals surface area (Å²) < 4.78 is 0.929. The molecule has 5 heteroatoms. The van der Waals surface area contributed by atoms with Gasteiger partial charge in [0.2, 0.25) is 0 Å². The average molecular weight is 341 g/mol. The van der Waals surface area contributed by atoms with E-state index in [-0.39, 0.29) is 5.56 Å². The van der Waals surface area contributed by atoms with E-state index in [1.165, 1.54) is 0 Å². The van der Waals surface area contributed by atoms with Gasteiger partial charge in [-0.25, -0.2) is 4.79 Å². The van der Waals surface area contributed by atoms with Crippen LogP contribution in [0, 0.1) is 0 Å². The van der Waals surface area contributed by atoms with E-state index in [0.717, 1.165) is 15.7 Å². The Balaban J connectivity index is 2.12. The van der Waals surface area contributed by atoms with Crippen molar-refractivity contribution in [3.05, 3.63) is 63.1 Å². The summed E-state index contributed by atoms with van der Waals surface area (Å²) in [5.74, 6) is -0.928. The minimum atomic E-state index is -0.928. The van der Waals surface area contributed by atoms with Crippen LogP contribution in [-0.2, 0) is 6.54 Å². The summed E-state index contributed by atoms with van der Waals surface area (Å²) in [7, 11) is 0. The topological polar surface area (TPSA) is 49.3 Å². The molecule has 0 spiro atoms. The fraction of sp³-hybridized carbons (Fsp3) is 0.0714. The lowest BCUT2D eigenvalue weighted by Crippen LogP contribution is -2.02. The summed E-state index contributed by atoms with van der Waals surface area (Å²) in [5, 5.41) is 12.7. The standard InChI is InChI=1S/C14H11BrClNO2/c15-11-4-5-12(16)13(7-11)17-8-9-2-1-3-10(6-9)14(18)19/h1-7,17H,8H2,(H,18,19). The smallest absolute Gasteiger partial charge is 0.335 e. The molecule has 2 N–H and O–H groups in total. The highest BCUT2D eigenvalue weighted by molar-refractivity contribution is 9.10. The molecule has 0 aromatic heterocycles. The van der Waals surface area contributed by atoms with Gasteiger partial charge in [0.1, 0.15) is 0 Å². The molecule has 0 unspecified atom stereocenters. The number of aromatic carboxylic acids is 1. The van der Waals surface area contributed by atoms with Crippen LogP contribution in [0.15, 0.2) is 46.9 Å². The summed E-state index contributed by atoms with van der Waals surface area (Å²) in [5.41, 5.74) is 1.97. The molecule has 2 rings (SSSR count). The molecule has 19 heavy (non-hydrogen) atoms. The third-order valence-electron chi connectivity index (χ3n) is 2.59. The highest BCUT2D eigenvalue weighted by Gasteiger charge is 2.04. The molecule has 0 saturated heterocycles. The number of carbonyl (C=O) groups is 1. The Morgan fingerprint density at radius 3 is 2.79 bits per heavy atom. The molecule has 0 saturated carbocycles. The third-order valence-corrected chi connectivity index (χ3v) is 3.41. The van der Waals surface area contributed by atoms with Gasteiger partial charge in [0.05, 0.1) is 16.3 Å². The van der Waals surface area contributed by atoms with Crippen molar-refractivity contribution in [2.75, 3.05) is 5.32 Å². The number of carboxylic acids is 1. The second-order valence-corrected chi connectivity index (χ2v) is 5.31. The SMILES string of the molecule is O=C(O)c1cccc(CNc2cc(Br)ccc2Cl)c1. The Morgan fingerprint density at radius 2 is 2.05 bits per heavy atom. The van der Waals surface area contributed by atoms with E-state index in [1.807, 2.05) is 18.2 Å². The van der Waals surface area contributed by atoms with Gasteiger partial charge in [-0.15, -0.1) is 0 Å². The van der Waals surface area contributed by atoms with Gasteiger partial charge in [-0.05, 0) is 35.9 Å². The van der Waals surface area contributed by atoms with Crippen molar-refractivity contribution in [3.8, 4) is 0 Å². The van der Waals surface area contributed by atoms with Gasteiger partial charge in [0.25, 0.3) is 0 Å². The third kappa shape index (κ3) is 3.72. The van der Waals surface area contributed by atoms with Gasteiger partial charge in [-0.1, -0.05) is 39.7 Å². The summed E-state index contributed by atoms with van der Waals surface area (Å²) in [6, 6.07) is 12.3. The van der Waals surface area contributed by atoms with E-state index in [4.69, 9.17) is 16.7 Å². The molecular weight excluding hydrogens is 330 g/mol. The number of benzene rings is 2. The van der Waals surface area contributed by atoms with Crippen molar-refractivity contribution in [2.24, 2.45) is 0 Å². The highest BCUT2D eigenvalue weighted by atomic mass is 79.9. The molecular formula is C14H11BrClNO2. The van der Waals surface area contributed by atoms with E-state index in [2.05, 4.69) is 21.2 Å². The molecule has 0 heterocycles. The molecule has 0 atom stereocenters. The first-order chi connectivity index (χ1) is 9.06. The van der Waals surface area contributed by atoms with Crippen LogP contribution in [0.2, 0.25) is 5.02 Å². The van der Waals surface area contributed by atoms with Crippen LogP contribution in [0.4, 0.5) is 5.69 Å². The molecule has 0 aliphatic rings. The van der Waals surface area contributed by atoms with E-state index in [1.54, 1.807) is 24.3 Å². The van der Waals surface area contributed by atoms with Crippen LogP contribution in [0.3, 0.4) is 0 Å². The van der Waals surface area contributed by atoms with E-state index >= 15 is 0 Å². The average Bonchev–Trinajstić information content (AvgIpc) is 2.40. The molecule has 2 aromatic rings. The summed E-state index contributed by atoms with van der Waals surface area (Å²) in [4.78, 5) is 10.9. The maximum absolute atomic E-state index is 10.9. The van der Waals surface area contributed by atoms with Crippen molar-refractivity contribution in [1.82, 2.24) is 0 Å². The van der Waals surface area contributed by atoms with Gasteiger partial charge in [-0.2, -0.15) is 0 Å². The normalized spacial score (nSPS) is 10.2. The van der Waals surface area contributed by atoms with Crippen LogP contribution < -0.4 is 5.32 Å². The zero-order valence-electron chi connectivity index (χ0n) is 9.86. The minimum absolute atomic E-state index is 0.277. The molecule has 2 aromatic carbocycles. The Hall–Kier alpha value is -1.52. The largest absolute Gasteiger partial charge is 0.478 e. The quantitative estimate of drug-likeness (QED) is 0.866. The van der Waals surface area contributed by atoms with Gasteiger partial charge in [0.15, 0.2) is 0 Å². The lowest BCUT2D eigenvalue weighted by atomic mass is 10.1. The molecule has 0 bridgehead atoms. The molecule has 3 nitrogen and oxygen atoms in total. The molecule has 0 aliphatic heterocycles. The van der Waals surface area contributed by atoms with Crippen molar-refractivity contribution in [2.45, 2.75) is 6.54 Å². The zero-order chi connectivity index (χ0) is 13.8.